The van der Waals surface area contributed by atoms with E-state index < -0.39 is 6.89 Å². The summed E-state index contributed by atoms with van der Waals surface area (Å²) in [5.41, 5.74) is 1.54. The molecular weight excluding hydrogens is 514 g/mol. The van der Waals surface area contributed by atoms with Crippen LogP contribution in [0.3, 0.4) is 0 Å². The SMILES string of the molecule is CC(C)(C)N1CCN(C(C)(C)C)C1=P(c1ccccc1)(c1ccccc1)c1ccccc1.[Pd]. The maximum absolute atomic E-state index is 2.69. The van der Waals surface area contributed by atoms with Gasteiger partial charge in [0.05, 0.1) is 5.54 Å². The Morgan fingerprint density at radius 1 is 0.515 bits per heavy atom. The van der Waals surface area contributed by atoms with Crippen LogP contribution in [-0.4, -0.2) is 39.5 Å². The second kappa shape index (κ2) is 10.0. The molecule has 0 unspecified atom stereocenters. The minimum Gasteiger partial charge on any atom is -0.258 e. The van der Waals surface area contributed by atoms with Gasteiger partial charge in [-0.2, -0.15) is 0 Å². The number of benzene rings is 3. The van der Waals surface area contributed by atoms with Crippen molar-refractivity contribution in [2.75, 3.05) is 13.1 Å². The molecule has 0 amide bonds. The van der Waals surface area contributed by atoms with Gasteiger partial charge in [-0.25, -0.2) is 0 Å². The Labute approximate surface area is 214 Å². The Balaban J connectivity index is 0.00000306. The van der Waals surface area contributed by atoms with Gasteiger partial charge in [0.2, 0.25) is 0 Å². The molecule has 3 aromatic carbocycles. The standard InChI is InChI=1S/C29H37N2P.Pd/c1-28(2,3)30-22-23-31(29(4,5)6)27(30)32(24-16-10-7-11-17-24,25-18-12-8-13-19-25)26-20-14-9-15-21-26;/h7-21H,22-23H2,1-6H3;. The van der Waals surface area contributed by atoms with Crippen LogP contribution in [0.1, 0.15) is 41.5 Å². The smallest absolute Gasteiger partial charge is 0.0726 e. The van der Waals surface area contributed by atoms with Crippen molar-refractivity contribution in [2.24, 2.45) is 0 Å². The fourth-order valence-electron chi connectivity index (χ4n) is 4.93. The maximum atomic E-state index is 2.69. The summed E-state index contributed by atoms with van der Waals surface area (Å²) in [5.74, 6) is 0. The number of nitrogens with zero attached hydrogens (tertiary/aromatic N) is 2. The maximum Gasteiger partial charge on any atom is 0.0726 e. The normalized spacial score (nSPS) is 16.0. The third-order valence-corrected chi connectivity index (χ3v) is 10.7. The summed E-state index contributed by atoms with van der Waals surface area (Å²) in [5, 5.41) is 4.24. The van der Waals surface area contributed by atoms with E-state index in [0.29, 0.717) is 0 Å². The van der Waals surface area contributed by atoms with Crippen LogP contribution in [0.25, 0.3) is 0 Å². The van der Waals surface area contributed by atoms with Crippen molar-refractivity contribution in [3.8, 4) is 0 Å². The van der Waals surface area contributed by atoms with E-state index in [9.17, 15) is 0 Å². The second-order valence-electron chi connectivity index (χ2n) is 10.6. The first-order valence-corrected chi connectivity index (χ1v) is 13.4. The van der Waals surface area contributed by atoms with Gasteiger partial charge in [0.25, 0.3) is 0 Å². The van der Waals surface area contributed by atoms with E-state index in [1.54, 1.807) is 0 Å². The molecule has 2 nitrogen and oxygen atoms in total. The van der Waals surface area contributed by atoms with E-state index in [1.165, 1.54) is 21.5 Å². The minimum atomic E-state index is -2.14. The zero-order chi connectivity index (χ0) is 23.0. The van der Waals surface area contributed by atoms with Gasteiger partial charge < -0.3 is 0 Å². The molecule has 0 bridgehead atoms. The van der Waals surface area contributed by atoms with Crippen molar-refractivity contribution in [2.45, 2.75) is 52.6 Å². The molecule has 1 aliphatic rings. The molecule has 33 heavy (non-hydrogen) atoms. The average molecular weight is 551 g/mol. The van der Waals surface area contributed by atoms with Gasteiger partial charge in [-0.05, 0) is 57.5 Å². The van der Waals surface area contributed by atoms with E-state index in [0.717, 1.165) is 13.1 Å². The first kappa shape index (κ1) is 26.2. The molecule has 4 rings (SSSR count). The van der Waals surface area contributed by atoms with Crippen LogP contribution in [0.5, 0.6) is 0 Å². The molecule has 0 aromatic heterocycles. The van der Waals surface area contributed by atoms with Crippen molar-refractivity contribution in [1.82, 2.24) is 9.80 Å². The topological polar surface area (TPSA) is 6.48 Å². The van der Waals surface area contributed by atoms with Gasteiger partial charge >= 0.3 is 0 Å². The molecule has 0 saturated carbocycles. The molecule has 3 aromatic rings. The monoisotopic (exact) mass is 550 g/mol. The van der Waals surface area contributed by atoms with Gasteiger partial charge in [0, 0.05) is 51.5 Å². The summed E-state index contributed by atoms with van der Waals surface area (Å²) < 4.78 is 0. The van der Waals surface area contributed by atoms with E-state index >= 15 is 0 Å². The van der Waals surface area contributed by atoms with Gasteiger partial charge in [-0.3, -0.25) is 9.80 Å². The molecule has 178 valence electrons. The van der Waals surface area contributed by atoms with Crippen LogP contribution >= 0.6 is 6.89 Å². The van der Waals surface area contributed by atoms with Gasteiger partial charge in [0.15, 0.2) is 0 Å². The molecule has 1 saturated heterocycles. The van der Waals surface area contributed by atoms with Crippen molar-refractivity contribution in [3.63, 3.8) is 0 Å². The fraction of sp³-hybridized carbons (Fsp3) is 0.345. The molecule has 1 aliphatic heterocycles. The summed E-state index contributed by atoms with van der Waals surface area (Å²) in [6, 6.07) is 33.7. The number of rotatable bonds is 3. The Hall–Kier alpha value is -1.46. The Kier molecular flexibility index (Phi) is 7.95. The molecule has 0 N–H and O–H groups in total. The molecule has 0 spiro atoms. The van der Waals surface area contributed by atoms with Crippen LogP contribution in [-0.2, 0) is 20.4 Å². The van der Waals surface area contributed by atoms with Crippen LogP contribution in [0.15, 0.2) is 91.0 Å². The third kappa shape index (κ3) is 4.86. The minimum absolute atomic E-state index is 0. The van der Waals surface area contributed by atoms with Crippen molar-refractivity contribution in [1.29, 1.82) is 0 Å². The van der Waals surface area contributed by atoms with Gasteiger partial charge in [-0.15, -0.1) is 0 Å². The van der Waals surface area contributed by atoms with E-state index in [2.05, 4.69) is 142 Å². The summed E-state index contributed by atoms with van der Waals surface area (Å²) >= 11 is 0. The molecule has 4 heteroatoms. The quantitative estimate of drug-likeness (QED) is 0.323. The first-order chi connectivity index (χ1) is 15.2. The van der Waals surface area contributed by atoms with E-state index in [4.69, 9.17) is 0 Å². The fourth-order valence-corrected chi connectivity index (χ4v) is 9.90. The Morgan fingerprint density at radius 2 is 0.788 bits per heavy atom. The summed E-state index contributed by atoms with van der Waals surface area (Å²) in [6.45, 7) is 14.1. The number of hydrogen-bond acceptors (Lipinski definition) is 0. The van der Waals surface area contributed by atoms with Crippen molar-refractivity contribution in [3.05, 3.63) is 91.0 Å². The van der Waals surface area contributed by atoms with Crippen LogP contribution in [0.2, 0.25) is 0 Å². The Bertz CT molecular complexity index is 970. The van der Waals surface area contributed by atoms with E-state index in [-0.39, 0.29) is 31.5 Å². The first-order valence-electron chi connectivity index (χ1n) is 11.7. The van der Waals surface area contributed by atoms with Crippen molar-refractivity contribution >= 4 is 28.3 Å². The zero-order valence-corrected chi connectivity index (χ0v) is 23.2. The predicted octanol–water partition coefficient (Wildman–Crippen LogP) is 5.28. The summed E-state index contributed by atoms with van der Waals surface area (Å²) in [6.07, 6.45) is 0. The molecular formula is C29H37N2PPd. The summed E-state index contributed by atoms with van der Waals surface area (Å²) in [4.78, 5) is 5.39. The van der Waals surface area contributed by atoms with Crippen LogP contribution in [0, 0.1) is 0 Å². The van der Waals surface area contributed by atoms with Crippen molar-refractivity contribution < 1.29 is 20.4 Å². The van der Waals surface area contributed by atoms with E-state index in [1.807, 2.05) is 0 Å². The molecule has 1 heterocycles. The predicted molar refractivity (Wildman–Crippen MR) is 143 cm³/mol. The van der Waals surface area contributed by atoms with Gasteiger partial charge in [0.1, 0.15) is 0 Å². The molecule has 1 fully saturated rings. The zero-order valence-electron chi connectivity index (χ0n) is 20.7. The molecule has 0 atom stereocenters. The molecule has 0 aliphatic carbocycles. The summed E-state index contributed by atoms with van der Waals surface area (Å²) in [7, 11) is 0. The number of hydrogen-bond donors (Lipinski definition) is 0. The molecule has 0 radical (unpaired) electrons. The largest absolute Gasteiger partial charge is 0.258 e. The second-order valence-corrected chi connectivity index (χ2v) is 13.9. The average Bonchev–Trinajstić information content (AvgIpc) is 3.23. The van der Waals surface area contributed by atoms with Crippen LogP contribution < -0.4 is 15.9 Å². The Morgan fingerprint density at radius 3 is 1.03 bits per heavy atom. The van der Waals surface area contributed by atoms with Gasteiger partial charge in [-0.1, -0.05) is 91.0 Å². The van der Waals surface area contributed by atoms with Crippen LogP contribution in [0.4, 0.5) is 0 Å². The third-order valence-electron chi connectivity index (χ3n) is 6.38.